The van der Waals surface area contributed by atoms with E-state index in [1.807, 2.05) is 26.0 Å². The van der Waals surface area contributed by atoms with Crippen LogP contribution in [-0.2, 0) is 0 Å². The van der Waals surface area contributed by atoms with E-state index in [1.54, 1.807) is 0 Å². The largest absolute Gasteiger partial charge is 0.504 e. The minimum absolute atomic E-state index is 0.0657. The van der Waals surface area contributed by atoms with Gasteiger partial charge in [-0.15, -0.1) is 0 Å². The van der Waals surface area contributed by atoms with Crippen molar-refractivity contribution in [3.05, 3.63) is 39.8 Å². The van der Waals surface area contributed by atoms with Crippen LogP contribution >= 0.6 is 0 Å². The number of fused-ring (bicyclic) bond motifs is 1. The van der Waals surface area contributed by atoms with E-state index in [-0.39, 0.29) is 10.9 Å². The first-order valence-electron chi connectivity index (χ1n) is 6.16. The topological polar surface area (TPSA) is 98.1 Å². The summed E-state index contributed by atoms with van der Waals surface area (Å²) in [5, 5.41) is 27.6. The molecular formula is C15H16FNO5. The number of hydrogen-bond acceptors (Lipinski definition) is 6. The average molecular weight is 309 g/mol. The number of hydrogen-bond donors (Lipinski definition) is 3. The van der Waals surface area contributed by atoms with E-state index in [2.05, 4.69) is 0 Å². The van der Waals surface area contributed by atoms with Gasteiger partial charge in [0, 0.05) is 5.56 Å². The van der Waals surface area contributed by atoms with E-state index in [1.165, 1.54) is 0 Å². The first-order valence-corrected chi connectivity index (χ1v) is 6.16. The maximum absolute atomic E-state index is 13.2. The summed E-state index contributed by atoms with van der Waals surface area (Å²) in [4.78, 5) is 24.4. The second kappa shape index (κ2) is 6.86. The maximum atomic E-state index is 13.2. The molecule has 0 spiro atoms. The lowest BCUT2D eigenvalue weighted by atomic mass is 10.1. The van der Waals surface area contributed by atoms with Crippen molar-refractivity contribution in [2.24, 2.45) is 0 Å². The van der Waals surface area contributed by atoms with E-state index in [9.17, 15) is 29.3 Å². The molecule has 0 amide bonds. The summed E-state index contributed by atoms with van der Waals surface area (Å²) in [6.45, 7) is 0. The minimum atomic E-state index is -1.14. The van der Waals surface area contributed by atoms with Gasteiger partial charge in [0.25, 0.3) is 0 Å². The molecule has 2 aromatic rings. The van der Waals surface area contributed by atoms with Crippen molar-refractivity contribution < 1.29 is 24.5 Å². The number of nitrogens with zero attached hydrogens (tertiary/aromatic N) is 1. The highest BCUT2D eigenvalue weighted by Crippen LogP contribution is 2.34. The fraction of sp³-hybridized carbons (Fsp3) is 0.200. The van der Waals surface area contributed by atoms with Gasteiger partial charge in [-0.3, -0.25) is 9.59 Å². The van der Waals surface area contributed by atoms with Crippen LogP contribution < -0.4 is 5.43 Å². The Balaban J connectivity index is 0.000000541. The molecule has 6 nitrogen and oxygen atoms in total. The van der Waals surface area contributed by atoms with Crippen LogP contribution in [0.25, 0.3) is 10.8 Å². The molecule has 7 heteroatoms. The van der Waals surface area contributed by atoms with Crippen LogP contribution in [0, 0.1) is 5.82 Å². The molecule has 0 fully saturated rings. The number of phenolic OH excluding ortho intramolecular Hbond substituents is 2. The third-order valence-electron chi connectivity index (χ3n) is 2.48. The fourth-order valence-corrected chi connectivity index (χ4v) is 1.64. The number of phenols is 2. The molecule has 2 rings (SSSR count). The van der Waals surface area contributed by atoms with Crippen molar-refractivity contribution in [1.29, 1.82) is 0 Å². The molecule has 0 atom stereocenters. The van der Waals surface area contributed by atoms with Gasteiger partial charge < -0.3 is 20.2 Å². The Morgan fingerprint density at radius 3 is 2.09 bits per heavy atom. The van der Waals surface area contributed by atoms with Crippen molar-refractivity contribution in [2.45, 2.75) is 0 Å². The molecule has 2 aromatic carbocycles. The molecular weight excluding hydrogens is 293 g/mol. The second-order valence-corrected chi connectivity index (χ2v) is 4.98. The molecule has 118 valence electrons. The highest BCUT2D eigenvalue weighted by molar-refractivity contribution is 5.93. The molecule has 0 unspecified atom stereocenters. The Bertz CT molecular complexity index is 771. The Morgan fingerprint density at radius 1 is 1.05 bits per heavy atom. The van der Waals surface area contributed by atoms with E-state index in [0.717, 1.165) is 18.2 Å². The van der Waals surface area contributed by atoms with Gasteiger partial charge >= 0.3 is 0 Å². The average Bonchev–Trinajstić information content (AvgIpc) is 2.53. The van der Waals surface area contributed by atoms with Gasteiger partial charge in [-0.2, -0.15) is 0 Å². The molecule has 0 aliphatic carbocycles. The van der Waals surface area contributed by atoms with Crippen LogP contribution in [0.4, 0.5) is 4.39 Å². The summed E-state index contributed by atoms with van der Waals surface area (Å²) in [6.07, 6.45) is 0.362. The fourth-order valence-electron chi connectivity index (χ4n) is 1.64. The molecule has 0 bridgehead atoms. The summed E-state index contributed by atoms with van der Waals surface area (Å²) in [7, 11) is 6.00. The van der Waals surface area contributed by atoms with Gasteiger partial charge in [0.15, 0.2) is 23.1 Å². The first-order chi connectivity index (χ1) is 10.2. The van der Waals surface area contributed by atoms with Gasteiger partial charge in [0.1, 0.15) is 6.29 Å². The van der Waals surface area contributed by atoms with E-state index < -0.39 is 33.9 Å². The number of aldehydes is 1. The zero-order valence-corrected chi connectivity index (χ0v) is 12.3. The summed E-state index contributed by atoms with van der Waals surface area (Å²) < 4.78 is 13.2. The lowest BCUT2D eigenvalue weighted by Gasteiger charge is -2.01. The van der Waals surface area contributed by atoms with Gasteiger partial charge in [0.2, 0.25) is 5.43 Å². The summed E-state index contributed by atoms with van der Waals surface area (Å²) in [6, 6.07) is 2.80. The molecule has 0 heterocycles. The third kappa shape index (κ3) is 3.70. The molecule has 0 aliphatic rings. The second-order valence-electron chi connectivity index (χ2n) is 4.98. The highest BCUT2D eigenvalue weighted by Gasteiger charge is 2.16. The molecule has 0 aliphatic heterocycles. The Kier molecular flexibility index (Phi) is 5.42. The molecule has 0 saturated carbocycles. The molecule has 0 radical (unpaired) electrons. The lowest BCUT2D eigenvalue weighted by molar-refractivity contribution is 0.112. The number of aromatic hydroxyl groups is 3. The van der Waals surface area contributed by atoms with Crippen LogP contribution in [0.15, 0.2) is 23.0 Å². The van der Waals surface area contributed by atoms with E-state index in [4.69, 9.17) is 0 Å². The number of carbonyl (C=O) groups excluding carboxylic acids is 1. The monoisotopic (exact) mass is 309 g/mol. The van der Waals surface area contributed by atoms with Crippen molar-refractivity contribution in [2.75, 3.05) is 21.1 Å². The summed E-state index contributed by atoms with van der Waals surface area (Å²) in [5.41, 5.74) is -1.07. The minimum Gasteiger partial charge on any atom is -0.504 e. The maximum Gasteiger partial charge on any atom is 0.231 e. The number of carbonyl (C=O) groups is 1. The van der Waals surface area contributed by atoms with Gasteiger partial charge in [0.05, 0.1) is 5.39 Å². The van der Waals surface area contributed by atoms with E-state index in [0.29, 0.717) is 6.29 Å². The van der Waals surface area contributed by atoms with Crippen molar-refractivity contribution >= 4 is 17.1 Å². The Morgan fingerprint density at radius 2 is 1.59 bits per heavy atom. The zero-order valence-electron chi connectivity index (χ0n) is 12.3. The number of rotatable bonds is 1. The quantitative estimate of drug-likeness (QED) is 0.545. The van der Waals surface area contributed by atoms with Crippen LogP contribution in [0.5, 0.6) is 17.2 Å². The van der Waals surface area contributed by atoms with Crippen LogP contribution in [-0.4, -0.2) is 47.6 Å². The normalized spacial score (nSPS) is 10.2. The van der Waals surface area contributed by atoms with Gasteiger partial charge in [-0.05, 0) is 44.7 Å². The SMILES string of the molecule is CN(C)C.O=Cc1cc(O)c(=O)c2c(O)c(O)c(F)cc2c1. The molecule has 3 N–H and O–H groups in total. The zero-order chi connectivity index (χ0) is 17.0. The standard InChI is InChI=1S/C12H7FO5.C3H9N/c13-7-3-6-1-5(4-14)2-8(15)11(17)9(6)12(18)10(7)16;1-4(2)3/h1-4,16,18H,(H,15,17);1-3H3. The predicted molar refractivity (Wildman–Crippen MR) is 80.2 cm³/mol. The number of halogens is 1. The van der Waals surface area contributed by atoms with E-state index >= 15 is 0 Å². The van der Waals surface area contributed by atoms with Crippen molar-refractivity contribution in [3.8, 4) is 17.2 Å². The lowest BCUT2D eigenvalue weighted by Crippen LogP contribution is -1.99. The predicted octanol–water partition coefficient (Wildman–Crippen LogP) is 1.45. The molecule has 0 aromatic heterocycles. The molecule has 22 heavy (non-hydrogen) atoms. The first kappa shape index (κ1) is 17.4. The van der Waals surface area contributed by atoms with Crippen LogP contribution in [0.1, 0.15) is 10.4 Å². The smallest absolute Gasteiger partial charge is 0.231 e. The highest BCUT2D eigenvalue weighted by atomic mass is 19.1. The van der Waals surface area contributed by atoms with Crippen molar-refractivity contribution in [3.63, 3.8) is 0 Å². The Hall–Kier alpha value is -2.67. The Labute approximate surface area is 125 Å². The van der Waals surface area contributed by atoms with Gasteiger partial charge in [-0.1, -0.05) is 0 Å². The summed E-state index contributed by atoms with van der Waals surface area (Å²) in [5.74, 6) is -3.98. The third-order valence-corrected chi connectivity index (χ3v) is 2.48. The molecule has 0 saturated heterocycles. The van der Waals surface area contributed by atoms with Crippen LogP contribution in [0.3, 0.4) is 0 Å². The van der Waals surface area contributed by atoms with Crippen molar-refractivity contribution in [1.82, 2.24) is 4.90 Å². The van der Waals surface area contributed by atoms with Gasteiger partial charge in [-0.25, -0.2) is 4.39 Å². The number of benzene rings is 1. The summed E-state index contributed by atoms with van der Waals surface area (Å²) >= 11 is 0. The van der Waals surface area contributed by atoms with Crippen LogP contribution in [0.2, 0.25) is 0 Å².